The molecule has 0 saturated carbocycles. The highest BCUT2D eigenvalue weighted by atomic mass is 35.7. The van der Waals surface area contributed by atoms with Gasteiger partial charge in [-0.25, -0.2) is 23.2 Å². The van der Waals surface area contributed by atoms with Gasteiger partial charge in [-0.1, -0.05) is 11.6 Å². The fraction of sp³-hybridized carbons (Fsp3) is 0.167. The summed E-state index contributed by atoms with van der Waals surface area (Å²) in [7, 11) is -3.01. The van der Waals surface area contributed by atoms with Crippen molar-refractivity contribution in [2.75, 3.05) is 0 Å². The van der Waals surface area contributed by atoms with Crippen molar-refractivity contribution in [3.05, 3.63) is 29.5 Å². The Bertz CT molecular complexity index is 240. The largest absolute Gasteiger partial charge is 0.222 e. The summed E-state index contributed by atoms with van der Waals surface area (Å²) in [4.78, 5) is 0. The molecule has 0 aliphatic carbocycles. The van der Waals surface area contributed by atoms with Crippen molar-refractivity contribution < 1.29 is 33.4 Å². The van der Waals surface area contributed by atoms with E-state index in [4.69, 9.17) is 30.2 Å². The lowest BCUT2D eigenvalue weighted by molar-refractivity contribution is -2.00. The van der Waals surface area contributed by atoms with Crippen LogP contribution in [0.4, 0.5) is 0 Å². The molecule has 0 spiro atoms. The van der Waals surface area contributed by atoms with E-state index in [-0.39, 0.29) is 0 Å². The second kappa shape index (κ2) is 5.33. The lowest BCUT2D eigenvalue weighted by Gasteiger charge is -2.17. The first kappa shape index (κ1) is 12.6. The Morgan fingerprint density at radius 1 is 1.31 bits per heavy atom. The number of pyridine rings is 1. The van der Waals surface area contributed by atoms with E-state index in [2.05, 4.69) is 0 Å². The van der Waals surface area contributed by atoms with Crippen LogP contribution in [0.2, 0.25) is 5.02 Å². The highest BCUT2D eigenvalue weighted by Crippen LogP contribution is 1.99. The third kappa shape index (κ3) is 11.6. The van der Waals surface area contributed by atoms with Gasteiger partial charge in [-0.05, 0) is 6.07 Å². The minimum atomic E-state index is -4.94. The number of aromatic nitrogens is 1. The summed E-state index contributed by atoms with van der Waals surface area (Å²) in [6.07, 6.45) is 3.79. The maximum absolute atomic E-state index is 8.49. The van der Waals surface area contributed by atoms with Crippen LogP contribution in [0.25, 0.3) is 0 Å². The first-order valence-electron chi connectivity index (χ1n) is 3.01. The van der Waals surface area contributed by atoms with Gasteiger partial charge in [0.2, 0.25) is 0 Å². The molecule has 0 unspecified atom stereocenters. The van der Waals surface area contributed by atoms with Gasteiger partial charge in [0.15, 0.2) is 12.4 Å². The molecule has 0 saturated heterocycles. The lowest BCUT2D eigenvalue weighted by atomic mass is 10.5. The molecule has 1 aromatic heterocycles. The topological polar surface area (TPSA) is 96.1 Å². The van der Waals surface area contributed by atoms with Gasteiger partial charge >= 0.3 is 0 Å². The molecule has 1 rings (SSSR count). The monoisotopic (exact) mass is 227 g/mol. The SMILES string of the molecule is C[n+]1cccc(Cl)c1.[O-][Cl+3]([O-])([O-])[O-]. The zero-order valence-corrected chi connectivity index (χ0v) is 8.16. The molecule has 0 aromatic carbocycles. The van der Waals surface area contributed by atoms with Crippen LogP contribution in [0.5, 0.6) is 0 Å². The number of hydrogen-bond acceptors (Lipinski definition) is 4. The number of nitrogens with zero attached hydrogens (tertiary/aromatic N) is 1. The summed E-state index contributed by atoms with van der Waals surface area (Å²) in [6.45, 7) is 0. The number of halogens is 2. The molecule has 0 atom stereocenters. The summed E-state index contributed by atoms with van der Waals surface area (Å²) >= 11 is 5.62. The quantitative estimate of drug-likeness (QED) is 0.428. The van der Waals surface area contributed by atoms with Gasteiger partial charge < -0.3 is 0 Å². The van der Waals surface area contributed by atoms with E-state index in [1.54, 1.807) is 0 Å². The molecule has 74 valence electrons. The molecule has 0 amide bonds. The number of aryl methyl sites for hydroxylation is 1. The van der Waals surface area contributed by atoms with E-state index in [0.29, 0.717) is 0 Å². The summed E-state index contributed by atoms with van der Waals surface area (Å²) in [5.41, 5.74) is 0. The van der Waals surface area contributed by atoms with E-state index in [9.17, 15) is 0 Å². The van der Waals surface area contributed by atoms with Gasteiger partial charge in [0.05, 0.1) is 0 Å². The predicted molar refractivity (Wildman–Crippen MR) is 32.6 cm³/mol. The van der Waals surface area contributed by atoms with Crippen molar-refractivity contribution in [2.45, 2.75) is 0 Å². The first-order chi connectivity index (χ1) is 5.79. The van der Waals surface area contributed by atoms with Gasteiger partial charge in [-0.2, -0.15) is 0 Å². The number of rotatable bonds is 0. The Balaban J connectivity index is 0.000000252. The fourth-order valence-electron chi connectivity index (χ4n) is 0.551. The Labute approximate surface area is 82.2 Å². The Hall–Kier alpha value is -0.430. The summed E-state index contributed by atoms with van der Waals surface area (Å²) in [5.74, 6) is 0. The van der Waals surface area contributed by atoms with Crippen LogP contribution < -0.4 is 23.2 Å². The highest BCUT2D eigenvalue weighted by Gasteiger charge is 1.89. The van der Waals surface area contributed by atoms with Crippen LogP contribution in [-0.2, 0) is 7.05 Å². The van der Waals surface area contributed by atoms with Crippen LogP contribution in [0.3, 0.4) is 0 Å². The maximum atomic E-state index is 8.49. The van der Waals surface area contributed by atoms with Gasteiger partial charge in [0.1, 0.15) is 12.1 Å². The van der Waals surface area contributed by atoms with Gasteiger partial charge in [0, 0.05) is 6.07 Å². The first-order valence-corrected chi connectivity index (χ1v) is 4.63. The van der Waals surface area contributed by atoms with E-state index in [0.717, 1.165) is 5.02 Å². The van der Waals surface area contributed by atoms with Crippen molar-refractivity contribution in [1.29, 1.82) is 0 Å². The van der Waals surface area contributed by atoms with Gasteiger partial charge in [-0.3, -0.25) is 0 Å². The fourth-order valence-corrected chi connectivity index (χ4v) is 0.778. The third-order valence-electron chi connectivity index (χ3n) is 0.904. The molecular weight excluding hydrogens is 221 g/mol. The zero-order chi connectivity index (χ0) is 10.5. The minimum absolute atomic E-state index is 0.773. The minimum Gasteiger partial charge on any atom is -0.222 e. The molecule has 0 aliphatic rings. The lowest BCUT2D eigenvalue weighted by Crippen LogP contribution is -2.68. The zero-order valence-electron chi connectivity index (χ0n) is 6.65. The molecule has 0 fully saturated rings. The Morgan fingerprint density at radius 3 is 2.00 bits per heavy atom. The van der Waals surface area contributed by atoms with Crippen molar-refractivity contribution in [3.8, 4) is 0 Å². The van der Waals surface area contributed by atoms with E-state index in [1.807, 2.05) is 36.1 Å². The maximum Gasteiger partial charge on any atom is 0.187 e. The van der Waals surface area contributed by atoms with Crippen LogP contribution >= 0.6 is 11.6 Å². The highest BCUT2D eigenvalue weighted by molar-refractivity contribution is 6.30. The van der Waals surface area contributed by atoms with E-state index < -0.39 is 10.2 Å². The Morgan fingerprint density at radius 2 is 1.77 bits per heavy atom. The van der Waals surface area contributed by atoms with Crippen LogP contribution in [-0.4, -0.2) is 0 Å². The summed E-state index contributed by atoms with van der Waals surface area (Å²) < 4.78 is 35.9. The second-order valence-corrected chi connectivity index (χ2v) is 3.26. The molecule has 0 N–H and O–H groups in total. The van der Waals surface area contributed by atoms with Gasteiger partial charge in [-0.15, -0.1) is 10.2 Å². The molecule has 7 heteroatoms. The number of hydrogen-bond donors (Lipinski definition) is 0. The molecule has 0 bridgehead atoms. The molecule has 13 heavy (non-hydrogen) atoms. The summed E-state index contributed by atoms with van der Waals surface area (Å²) in [5, 5.41) is 0.773. The van der Waals surface area contributed by atoms with Gasteiger partial charge in [0.25, 0.3) is 0 Å². The molecular formula is C6H7Cl2NO4. The standard InChI is InChI=1S/C6H7ClN.ClHO4/c1-8-4-2-3-6(7)5-8;2-1(3,4)5/h2-5H,1H3;(H,2,3,4,5)/q+1;/p-1. The normalized spacial score (nSPS) is 10.3. The van der Waals surface area contributed by atoms with Crippen LogP contribution in [0, 0.1) is 10.2 Å². The summed E-state index contributed by atoms with van der Waals surface area (Å²) in [6, 6.07) is 3.75. The van der Waals surface area contributed by atoms with Crippen molar-refractivity contribution in [2.24, 2.45) is 7.05 Å². The predicted octanol–water partition coefficient (Wildman–Crippen LogP) is -3.59. The van der Waals surface area contributed by atoms with Crippen molar-refractivity contribution in [3.63, 3.8) is 0 Å². The molecule has 0 aliphatic heterocycles. The van der Waals surface area contributed by atoms with Crippen LogP contribution in [0.1, 0.15) is 0 Å². The molecule has 1 heterocycles. The van der Waals surface area contributed by atoms with E-state index in [1.165, 1.54) is 0 Å². The second-order valence-electron chi connectivity index (χ2n) is 2.07. The third-order valence-corrected chi connectivity index (χ3v) is 1.13. The Kier molecular flexibility index (Phi) is 5.16. The van der Waals surface area contributed by atoms with E-state index >= 15 is 0 Å². The molecule has 5 nitrogen and oxygen atoms in total. The molecule has 0 radical (unpaired) electrons. The molecule has 1 aromatic rings. The van der Waals surface area contributed by atoms with Crippen LogP contribution in [0.15, 0.2) is 24.5 Å². The van der Waals surface area contributed by atoms with Crippen molar-refractivity contribution >= 4 is 11.6 Å². The average Bonchev–Trinajstić information content (AvgIpc) is 1.81. The average molecular weight is 228 g/mol. The smallest absolute Gasteiger partial charge is 0.187 e. The van der Waals surface area contributed by atoms with Crippen molar-refractivity contribution in [1.82, 2.24) is 0 Å².